The van der Waals surface area contributed by atoms with Crippen molar-refractivity contribution >= 4 is 18.1 Å². The van der Waals surface area contributed by atoms with Crippen LogP contribution < -0.4 is 15.8 Å². The lowest BCUT2D eigenvalue weighted by atomic mass is 10.0. The van der Waals surface area contributed by atoms with Gasteiger partial charge in [-0.15, -0.1) is 0 Å². The zero-order valence-corrected chi connectivity index (χ0v) is 15.5. The molecule has 0 amide bonds. The predicted octanol–water partition coefficient (Wildman–Crippen LogP) is 2.35. The summed E-state index contributed by atoms with van der Waals surface area (Å²) in [5.74, 6) is 1.43. The highest BCUT2D eigenvalue weighted by Gasteiger charge is 2.17. The number of hydrogen-bond acceptors (Lipinski definition) is 7. The molecule has 0 aliphatic rings. The Morgan fingerprint density at radius 2 is 2.15 bits per heavy atom. The number of aromatic nitrogens is 2. The monoisotopic (exact) mass is 358 g/mol. The first-order valence-corrected chi connectivity index (χ1v) is 8.64. The Balaban J connectivity index is 2.41. The third-order valence-corrected chi connectivity index (χ3v) is 4.24. The van der Waals surface area contributed by atoms with Crippen molar-refractivity contribution in [3.8, 4) is 5.75 Å². The van der Waals surface area contributed by atoms with Crippen LogP contribution in [-0.4, -0.2) is 41.1 Å². The maximum atomic E-state index is 11.0. The molecule has 1 atom stereocenters. The standard InChI is InChI=1S/C19H26N4O3/c1-4-5-15(11-25)22-18-16(12(2)21-19(20)23-18)9-14-7-6-13(10-24)8-17(14)26-3/h6-8,10,15,25H,4-5,9,11H2,1-3H3,(H3,20,21,22,23). The fourth-order valence-electron chi connectivity index (χ4n) is 2.87. The number of anilines is 2. The average molecular weight is 358 g/mol. The molecule has 7 nitrogen and oxygen atoms in total. The van der Waals surface area contributed by atoms with Gasteiger partial charge in [-0.1, -0.05) is 25.5 Å². The van der Waals surface area contributed by atoms with E-state index in [0.29, 0.717) is 23.6 Å². The minimum Gasteiger partial charge on any atom is -0.496 e. The third kappa shape index (κ3) is 4.70. The van der Waals surface area contributed by atoms with Crippen LogP contribution in [0.15, 0.2) is 18.2 Å². The molecule has 0 saturated heterocycles. The smallest absolute Gasteiger partial charge is 0.222 e. The number of rotatable bonds is 9. The van der Waals surface area contributed by atoms with E-state index < -0.39 is 0 Å². The normalized spacial score (nSPS) is 11.8. The summed E-state index contributed by atoms with van der Waals surface area (Å²) in [5.41, 5.74) is 8.92. The number of aliphatic hydroxyl groups is 1. The quantitative estimate of drug-likeness (QED) is 0.590. The van der Waals surface area contributed by atoms with Crippen molar-refractivity contribution in [1.82, 2.24) is 9.97 Å². The Morgan fingerprint density at radius 3 is 2.77 bits per heavy atom. The number of benzene rings is 1. The molecule has 0 spiro atoms. The first-order chi connectivity index (χ1) is 12.5. The van der Waals surface area contributed by atoms with Crippen LogP contribution >= 0.6 is 0 Å². The number of aryl methyl sites for hydroxylation is 1. The number of ether oxygens (including phenoxy) is 1. The summed E-state index contributed by atoms with van der Waals surface area (Å²) in [5, 5.41) is 12.9. The molecule has 4 N–H and O–H groups in total. The molecule has 26 heavy (non-hydrogen) atoms. The molecule has 2 aromatic rings. The van der Waals surface area contributed by atoms with Crippen LogP contribution in [0.5, 0.6) is 5.75 Å². The lowest BCUT2D eigenvalue weighted by Gasteiger charge is -2.20. The van der Waals surface area contributed by atoms with Crippen molar-refractivity contribution in [2.24, 2.45) is 0 Å². The molecule has 1 heterocycles. The molecule has 0 radical (unpaired) electrons. The van der Waals surface area contributed by atoms with Crippen LogP contribution in [0.4, 0.5) is 11.8 Å². The Hall–Kier alpha value is -2.67. The number of hydrogen-bond donors (Lipinski definition) is 3. The summed E-state index contributed by atoms with van der Waals surface area (Å²) in [6, 6.07) is 5.21. The molecule has 1 aromatic carbocycles. The number of nitrogen functional groups attached to an aromatic ring is 1. The number of carbonyl (C=O) groups is 1. The van der Waals surface area contributed by atoms with Crippen LogP contribution in [0.1, 0.15) is 46.9 Å². The van der Waals surface area contributed by atoms with Crippen molar-refractivity contribution < 1.29 is 14.6 Å². The lowest BCUT2D eigenvalue weighted by molar-refractivity contribution is 0.112. The number of aldehydes is 1. The SMILES string of the molecule is CCCC(CO)Nc1nc(N)nc(C)c1Cc1ccc(C=O)cc1OC. The molecule has 1 aromatic heterocycles. The Morgan fingerprint density at radius 1 is 1.38 bits per heavy atom. The minimum absolute atomic E-state index is 0.00753. The van der Waals surface area contributed by atoms with Gasteiger partial charge in [-0.05, 0) is 25.0 Å². The molecule has 0 saturated carbocycles. The largest absolute Gasteiger partial charge is 0.496 e. The second-order valence-electron chi connectivity index (χ2n) is 6.17. The zero-order valence-electron chi connectivity index (χ0n) is 15.5. The first kappa shape index (κ1) is 19.7. The van der Waals surface area contributed by atoms with E-state index in [-0.39, 0.29) is 18.6 Å². The maximum Gasteiger partial charge on any atom is 0.222 e. The predicted molar refractivity (Wildman–Crippen MR) is 102 cm³/mol. The highest BCUT2D eigenvalue weighted by molar-refractivity contribution is 5.76. The van der Waals surface area contributed by atoms with E-state index in [4.69, 9.17) is 10.5 Å². The van der Waals surface area contributed by atoms with E-state index in [1.54, 1.807) is 19.2 Å². The van der Waals surface area contributed by atoms with Gasteiger partial charge in [0.25, 0.3) is 0 Å². The van der Waals surface area contributed by atoms with E-state index in [0.717, 1.165) is 35.9 Å². The van der Waals surface area contributed by atoms with Gasteiger partial charge in [0.15, 0.2) is 0 Å². The van der Waals surface area contributed by atoms with Gasteiger partial charge in [0.2, 0.25) is 5.95 Å². The summed E-state index contributed by atoms with van der Waals surface area (Å²) in [6.07, 6.45) is 3.05. The molecule has 0 aliphatic heterocycles. The summed E-state index contributed by atoms with van der Waals surface area (Å²) < 4.78 is 5.42. The Kier molecular flexibility index (Phi) is 6.91. The molecule has 7 heteroatoms. The lowest BCUT2D eigenvalue weighted by Crippen LogP contribution is -2.25. The highest BCUT2D eigenvalue weighted by atomic mass is 16.5. The fourth-order valence-corrected chi connectivity index (χ4v) is 2.87. The van der Waals surface area contributed by atoms with Crippen LogP contribution in [0.2, 0.25) is 0 Å². The second-order valence-corrected chi connectivity index (χ2v) is 6.17. The van der Waals surface area contributed by atoms with Gasteiger partial charge in [-0.2, -0.15) is 4.98 Å². The maximum absolute atomic E-state index is 11.0. The van der Waals surface area contributed by atoms with E-state index in [1.165, 1.54) is 0 Å². The fraction of sp³-hybridized carbons (Fsp3) is 0.421. The number of nitrogens with two attached hydrogens (primary N) is 1. The molecule has 0 fully saturated rings. The third-order valence-electron chi connectivity index (χ3n) is 4.24. The van der Waals surface area contributed by atoms with Gasteiger partial charge in [-0.3, -0.25) is 4.79 Å². The number of aliphatic hydroxyl groups excluding tert-OH is 1. The number of carbonyl (C=O) groups excluding carboxylic acids is 1. The van der Waals surface area contributed by atoms with Gasteiger partial charge in [0.05, 0.1) is 19.8 Å². The van der Waals surface area contributed by atoms with Gasteiger partial charge < -0.3 is 20.9 Å². The van der Waals surface area contributed by atoms with Crippen LogP contribution in [0.25, 0.3) is 0 Å². The number of methoxy groups -OCH3 is 1. The molecule has 0 bridgehead atoms. The summed E-state index contributed by atoms with van der Waals surface area (Å²) in [4.78, 5) is 19.6. The van der Waals surface area contributed by atoms with Crippen LogP contribution in [0, 0.1) is 6.92 Å². The van der Waals surface area contributed by atoms with E-state index >= 15 is 0 Å². The zero-order chi connectivity index (χ0) is 19.1. The molecule has 140 valence electrons. The topological polar surface area (TPSA) is 110 Å². The van der Waals surface area contributed by atoms with Crippen molar-refractivity contribution in [2.75, 3.05) is 24.8 Å². The van der Waals surface area contributed by atoms with Gasteiger partial charge in [0, 0.05) is 23.2 Å². The molecular formula is C19H26N4O3. The first-order valence-electron chi connectivity index (χ1n) is 8.64. The van der Waals surface area contributed by atoms with Crippen LogP contribution in [0.3, 0.4) is 0 Å². The Labute approximate surface area is 153 Å². The van der Waals surface area contributed by atoms with Crippen molar-refractivity contribution in [3.05, 3.63) is 40.6 Å². The minimum atomic E-state index is -0.105. The summed E-state index contributed by atoms with van der Waals surface area (Å²) in [7, 11) is 1.57. The van der Waals surface area contributed by atoms with Gasteiger partial charge >= 0.3 is 0 Å². The van der Waals surface area contributed by atoms with Crippen LogP contribution in [-0.2, 0) is 6.42 Å². The number of nitrogens with zero attached hydrogens (tertiary/aromatic N) is 2. The highest BCUT2D eigenvalue weighted by Crippen LogP contribution is 2.27. The van der Waals surface area contributed by atoms with Crippen molar-refractivity contribution in [2.45, 2.75) is 39.2 Å². The molecular weight excluding hydrogens is 332 g/mol. The van der Waals surface area contributed by atoms with E-state index in [1.807, 2.05) is 13.0 Å². The van der Waals surface area contributed by atoms with Crippen molar-refractivity contribution in [3.63, 3.8) is 0 Å². The van der Waals surface area contributed by atoms with Gasteiger partial charge in [0.1, 0.15) is 17.9 Å². The molecule has 1 unspecified atom stereocenters. The van der Waals surface area contributed by atoms with Gasteiger partial charge in [-0.25, -0.2) is 4.98 Å². The summed E-state index contributed by atoms with van der Waals surface area (Å²) in [6.45, 7) is 3.94. The molecule has 2 rings (SSSR count). The van der Waals surface area contributed by atoms with E-state index in [9.17, 15) is 9.90 Å². The van der Waals surface area contributed by atoms with E-state index in [2.05, 4.69) is 22.2 Å². The summed E-state index contributed by atoms with van der Waals surface area (Å²) >= 11 is 0. The van der Waals surface area contributed by atoms with Crippen molar-refractivity contribution in [1.29, 1.82) is 0 Å². The average Bonchev–Trinajstić information content (AvgIpc) is 2.64. The Bertz CT molecular complexity index is 765. The molecule has 0 aliphatic carbocycles. The second kappa shape index (κ2) is 9.15. The number of nitrogens with one attached hydrogen (secondary N) is 1.